The van der Waals surface area contributed by atoms with E-state index in [0.29, 0.717) is 4.67 Å². The number of hydrogen-bond acceptors (Lipinski definition) is 4. The summed E-state index contributed by atoms with van der Waals surface area (Å²) < 4.78 is 5.54. The van der Waals surface area contributed by atoms with Gasteiger partial charge in [-0.25, -0.2) is 0 Å². The molecule has 0 aliphatic rings. The summed E-state index contributed by atoms with van der Waals surface area (Å²) in [5, 5.41) is 8.55. The minimum absolute atomic E-state index is 0.0997. The van der Waals surface area contributed by atoms with Crippen molar-refractivity contribution in [3.05, 3.63) is 22.6 Å². The molecule has 0 radical (unpaired) electrons. The Morgan fingerprint density at radius 1 is 1.25 bits per heavy atom. The van der Waals surface area contributed by atoms with Gasteiger partial charge in [0, 0.05) is 20.6 Å². The molecule has 0 aliphatic carbocycles. The molecule has 0 atom stereocenters. The maximum atomic E-state index is 11.9. The second-order valence-electron chi connectivity index (χ2n) is 4.22. The van der Waals surface area contributed by atoms with Crippen molar-refractivity contribution in [2.24, 2.45) is 0 Å². The summed E-state index contributed by atoms with van der Waals surface area (Å²) in [5.41, 5.74) is 0. The lowest BCUT2D eigenvalue weighted by molar-refractivity contribution is -0.138. The summed E-state index contributed by atoms with van der Waals surface area (Å²) >= 11 is 3.09. The molecule has 0 fully saturated rings. The number of rotatable bonds is 6. The van der Waals surface area contributed by atoms with Crippen LogP contribution in [0.2, 0.25) is 0 Å². The van der Waals surface area contributed by atoms with Crippen molar-refractivity contribution in [2.45, 2.75) is 6.42 Å². The van der Waals surface area contributed by atoms with Crippen LogP contribution in [0, 0.1) is 0 Å². The lowest BCUT2D eigenvalue weighted by Gasteiger charge is -2.20. The van der Waals surface area contributed by atoms with Gasteiger partial charge in [-0.05, 0) is 28.1 Å². The van der Waals surface area contributed by atoms with Gasteiger partial charge >= 0.3 is 5.97 Å². The monoisotopic (exact) mass is 346 g/mol. The SMILES string of the molecule is CN(CCC(=O)O)C(=O)CN(C)C(=O)c1ccc(Br)o1. The number of carboxylic acids is 1. The zero-order valence-corrected chi connectivity index (χ0v) is 12.7. The van der Waals surface area contributed by atoms with Gasteiger partial charge in [-0.2, -0.15) is 0 Å². The molecular weight excluding hydrogens is 332 g/mol. The van der Waals surface area contributed by atoms with Crippen LogP contribution in [-0.2, 0) is 9.59 Å². The molecule has 0 aliphatic heterocycles. The Labute approximate surface area is 124 Å². The Bertz CT molecular complexity index is 514. The number of halogens is 1. The van der Waals surface area contributed by atoms with Crippen LogP contribution in [0.1, 0.15) is 17.0 Å². The lowest BCUT2D eigenvalue weighted by atomic mass is 10.3. The zero-order chi connectivity index (χ0) is 15.3. The number of hydrogen-bond donors (Lipinski definition) is 1. The van der Waals surface area contributed by atoms with Crippen LogP contribution in [0.5, 0.6) is 0 Å². The Hall–Kier alpha value is -1.83. The van der Waals surface area contributed by atoms with Crippen molar-refractivity contribution < 1.29 is 23.9 Å². The fraction of sp³-hybridized carbons (Fsp3) is 0.417. The van der Waals surface area contributed by atoms with Gasteiger partial charge in [-0.3, -0.25) is 14.4 Å². The molecule has 1 aromatic heterocycles. The Morgan fingerprint density at radius 3 is 2.40 bits per heavy atom. The topological polar surface area (TPSA) is 91.1 Å². The number of likely N-dealkylation sites (N-methyl/N-ethyl adjacent to an activating group) is 2. The number of carbonyl (C=O) groups is 3. The normalized spacial score (nSPS) is 10.2. The van der Waals surface area contributed by atoms with Crippen molar-refractivity contribution in [3.8, 4) is 0 Å². The van der Waals surface area contributed by atoms with E-state index in [9.17, 15) is 14.4 Å². The maximum Gasteiger partial charge on any atom is 0.305 e. The number of furan rings is 1. The molecule has 8 heteroatoms. The minimum atomic E-state index is -0.977. The van der Waals surface area contributed by atoms with Crippen LogP contribution in [0.3, 0.4) is 0 Å². The van der Waals surface area contributed by atoms with Gasteiger partial charge in [0.15, 0.2) is 10.4 Å². The van der Waals surface area contributed by atoms with E-state index >= 15 is 0 Å². The fourth-order valence-corrected chi connectivity index (χ4v) is 1.71. The van der Waals surface area contributed by atoms with E-state index in [1.165, 1.54) is 30.0 Å². The van der Waals surface area contributed by atoms with Gasteiger partial charge in [-0.15, -0.1) is 0 Å². The molecule has 20 heavy (non-hydrogen) atoms. The van der Waals surface area contributed by atoms with Gasteiger partial charge in [0.1, 0.15) is 0 Å². The van der Waals surface area contributed by atoms with Crippen LogP contribution in [0.25, 0.3) is 0 Å². The highest BCUT2D eigenvalue weighted by atomic mass is 79.9. The van der Waals surface area contributed by atoms with Crippen LogP contribution < -0.4 is 0 Å². The molecule has 1 N–H and O–H groups in total. The molecule has 0 saturated carbocycles. The number of carboxylic acid groups (broad SMARTS) is 1. The van der Waals surface area contributed by atoms with Gasteiger partial charge in [0.05, 0.1) is 13.0 Å². The fourth-order valence-electron chi connectivity index (χ4n) is 1.40. The average molecular weight is 347 g/mol. The Balaban J connectivity index is 2.52. The van der Waals surface area contributed by atoms with E-state index in [1.807, 2.05) is 0 Å². The van der Waals surface area contributed by atoms with E-state index in [1.54, 1.807) is 6.07 Å². The van der Waals surface area contributed by atoms with Gasteiger partial charge < -0.3 is 19.3 Å². The predicted octanol–water partition coefficient (Wildman–Crippen LogP) is 1.05. The average Bonchev–Trinajstić information content (AvgIpc) is 2.81. The zero-order valence-electron chi connectivity index (χ0n) is 11.1. The van der Waals surface area contributed by atoms with Crippen molar-refractivity contribution in [2.75, 3.05) is 27.2 Å². The standard InChI is InChI=1S/C12H15BrN2O5/c1-14(6-5-11(17)18)10(16)7-15(2)12(19)8-3-4-9(13)20-8/h3-4H,5-7H2,1-2H3,(H,17,18). The Morgan fingerprint density at radius 2 is 1.90 bits per heavy atom. The molecule has 1 rings (SSSR count). The summed E-state index contributed by atoms with van der Waals surface area (Å²) in [6.45, 7) is -0.0459. The summed E-state index contributed by atoms with van der Waals surface area (Å²) in [7, 11) is 2.97. The van der Waals surface area contributed by atoms with E-state index in [-0.39, 0.29) is 31.2 Å². The number of carbonyl (C=O) groups excluding carboxylic acids is 2. The minimum Gasteiger partial charge on any atom is -0.481 e. The van der Waals surface area contributed by atoms with Crippen LogP contribution in [0.4, 0.5) is 0 Å². The van der Waals surface area contributed by atoms with Crippen LogP contribution >= 0.6 is 15.9 Å². The molecule has 1 aromatic rings. The highest BCUT2D eigenvalue weighted by Gasteiger charge is 2.20. The molecule has 0 bridgehead atoms. The molecule has 1 heterocycles. The molecule has 2 amide bonds. The van der Waals surface area contributed by atoms with E-state index in [0.717, 1.165) is 0 Å². The molecule has 0 spiro atoms. The largest absolute Gasteiger partial charge is 0.481 e. The van der Waals surface area contributed by atoms with Crippen molar-refractivity contribution >= 4 is 33.7 Å². The molecule has 7 nitrogen and oxygen atoms in total. The first-order valence-electron chi connectivity index (χ1n) is 5.78. The summed E-state index contributed by atoms with van der Waals surface area (Å²) in [4.78, 5) is 36.6. The van der Waals surface area contributed by atoms with Gasteiger partial charge in [0.25, 0.3) is 5.91 Å². The first kappa shape index (κ1) is 16.2. The Kier molecular flexibility index (Phi) is 5.75. The molecule has 0 aromatic carbocycles. The van der Waals surface area contributed by atoms with Crippen LogP contribution in [-0.4, -0.2) is 59.9 Å². The van der Waals surface area contributed by atoms with E-state index < -0.39 is 11.9 Å². The van der Waals surface area contributed by atoms with Gasteiger partial charge in [0.2, 0.25) is 5.91 Å². The molecule has 110 valence electrons. The number of nitrogens with zero attached hydrogens (tertiary/aromatic N) is 2. The van der Waals surface area contributed by atoms with Crippen molar-refractivity contribution in [1.29, 1.82) is 0 Å². The molecule has 0 saturated heterocycles. The maximum absolute atomic E-state index is 11.9. The second-order valence-corrected chi connectivity index (χ2v) is 5.01. The van der Waals surface area contributed by atoms with E-state index in [4.69, 9.17) is 9.52 Å². The van der Waals surface area contributed by atoms with Crippen molar-refractivity contribution in [3.63, 3.8) is 0 Å². The predicted molar refractivity (Wildman–Crippen MR) is 73.3 cm³/mol. The first-order chi connectivity index (χ1) is 9.31. The number of aliphatic carboxylic acids is 1. The van der Waals surface area contributed by atoms with Crippen molar-refractivity contribution in [1.82, 2.24) is 9.80 Å². The third kappa shape index (κ3) is 4.69. The third-order valence-electron chi connectivity index (χ3n) is 2.59. The second kappa shape index (κ2) is 7.09. The van der Waals surface area contributed by atoms with Gasteiger partial charge in [-0.1, -0.05) is 0 Å². The first-order valence-corrected chi connectivity index (χ1v) is 6.57. The smallest absolute Gasteiger partial charge is 0.305 e. The molecular formula is C12H15BrN2O5. The summed E-state index contributed by atoms with van der Waals surface area (Å²) in [6, 6.07) is 3.09. The lowest BCUT2D eigenvalue weighted by Crippen LogP contribution is -2.40. The van der Waals surface area contributed by atoms with Crippen LogP contribution in [0.15, 0.2) is 21.2 Å². The highest BCUT2D eigenvalue weighted by molar-refractivity contribution is 9.10. The number of amides is 2. The summed E-state index contributed by atoms with van der Waals surface area (Å²) in [6.07, 6.45) is -0.134. The highest BCUT2D eigenvalue weighted by Crippen LogP contribution is 2.15. The van der Waals surface area contributed by atoms with E-state index in [2.05, 4.69) is 15.9 Å². The molecule has 0 unspecified atom stereocenters. The summed E-state index contributed by atoms with van der Waals surface area (Å²) in [5.74, 6) is -1.61. The third-order valence-corrected chi connectivity index (χ3v) is 3.02. The quantitative estimate of drug-likeness (QED) is 0.831.